The molecule has 4 aromatic rings. The van der Waals surface area contributed by atoms with Gasteiger partial charge in [-0.15, -0.1) is 21.5 Å². The molecule has 0 unspecified atom stereocenters. The number of ether oxygens (including phenoxy) is 1. The Balaban J connectivity index is 1.55. The van der Waals surface area contributed by atoms with Crippen molar-refractivity contribution in [3.8, 4) is 22.8 Å². The maximum absolute atomic E-state index is 12.3. The van der Waals surface area contributed by atoms with Gasteiger partial charge in [0.2, 0.25) is 0 Å². The van der Waals surface area contributed by atoms with Crippen molar-refractivity contribution >= 4 is 46.8 Å². The maximum atomic E-state index is 12.3. The van der Waals surface area contributed by atoms with Crippen molar-refractivity contribution in [2.75, 3.05) is 12.9 Å². The Labute approximate surface area is 198 Å². The first-order valence-corrected chi connectivity index (χ1v) is 11.7. The highest BCUT2D eigenvalue weighted by molar-refractivity contribution is 7.99. The molecule has 0 saturated heterocycles. The number of thioether (sulfide) groups is 1. The summed E-state index contributed by atoms with van der Waals surface area (Å²) in [5.74, 6) is 1.30. The van der Waals surface area contributed by atoms with E-state index in [4.69, 9.17) is 16.3 Å². The van der Waals surface area contributed by atoms with Crippen molar-refractivity contribution in [2.24, 2.45) is 5.10 Å². The lowest BCUT2D eigenvalue weighted by Gasteiger charge is -2.11. The highest BCUT2D eigenvalue weighted by Gasteiger charge is 2.17. The van der Waals surface area contributed by atoms with Crippen LogP contribution in [-0.4, -0.2) is 39.7 Å². The molecule has 10 heteroatoms. The standard InChI is InChI=1S/C22H18ClN5O2S2/c1-30-18-10-4-15(5-11-18)21-26-27-22(28(21)17-8-6-16(23)7-9-17)32-14-20(29)25-24-13-19-3-2-12-31-19/h2-13H,14H2,1H3,(H,25,29)/b24-13+. The Morgan fingerprint density at radius 2 is 1.97 bits per heavy atom. The average Bonchev–Trinajstić information content (AvgIpc) is 3.48. The third kappa shape index (κ3) is 5.37. The average molecular weight is 484 g/mol. The molecule has 4 rings (SSSR count). The molecule has 0 spiro atoms. The third-order valence-electron chi connectivity index (χ3n) is 4.32. The molecule has 2 aromatic carbocycles. The summed E-state index contributed by atoms with van der Waals surface area (Å²) in [5.41, 5.74) is 4.24. The molecule has 2 aromatic heterocycles. The van der Waals surface area contributed by atoms with E-state index in [-0.39, 0.29) is 11.7 Å². The lowest BCUT2D eigenvalue weighted by atomic mass is 10.2. The molecule has 0 fully saturated rings. The number of hydrazone groups is 1. The Morgan fingerprint density at radius 3 is 2.66 bits per heavy atom. The van der Waals surface area contributed by atoms with Gasteiger partial charge in [-0.2, -0.15) is 5.10 Å². The van der Waals surface area contributed by atoms with E-state index in [1.54, 1.807) is 36.8 Å². The van der Waals surface area contributed by atoms with E-state index in [0.717, 1.165) is 21.9 Å². The molecule has 1 N–H and O–H groups in total. The molecular formula is C22H18ClN5O2S2. The lowest BCUT2D eigenvalue weighted by molar-refractivity contribution is -0.118. The number of hydrogen-bond donors (Lipinski definition) is 1. The van der Waals surface area contributed by atoms with Crippen molar-refractivity contribution in [1.82, 2.24) is 20.2 Å². The van der Waals surface area contributed by atoms with E-state index < -0.39 is 0 Å². The summed E-state index contributed by atoms with van der Waals surface area (Å²) in [6.45, 7) is 0. The molecule has 0 bridgehead atoms. The normalized spacial score (nSPS) is 11.1. The molecule has 1 amide bonds. The molecule has 7 nitrogen and oxygen atoms in total. The van der Waals surface area contributed by atoms with Crippen molar-refractivity contribution in [3.63, 3.8) is 0 Å². The molecule has 162 valence electrons. The van der Waals surface area contributed by atoms with Gasteiger partial charge in [0.15, 0.2) is 11.0 Å². The third-order valence-corrected chi connectivity index (χ3v) is 6.31. The Morgan fingerprint density at radius 1 is 1.19 bits per heavy atom. The fourth-order valence-corrected chi connectivity index (χ4v) is 4.26. The number of carbonyl (C=O) groups excluding carboxylic acids is 1. The van der Waals surface area contributed by atoms with Gasteiger partial charge in [0.25, 0.3) is 5.91 Å². The summed E-state index contributed by atoms with van der Waals surface area (Å²) < 4.78 is 7.14. The Hall–Kier alpha value is -3.14. The van der Waals surface area contributed by atoms with Crippen LogP contribution in [0.2, 0.25) is 5.02 Å². The van der Waals surface area contributed by atoms with Gasteiger partial charge in [-0.3, -0.25) is 9.36 Å². The van der Waals surface area contributed by atoms with Gasteiger partial charge < -0.3 is 4.74 Å². The van der Waals surface area contributed by atoms with Gasteiger partial charge in [0.05, 0.1) is 19.1 Å². The van der Waals surface area contributed by atoms with Gasteiger partial charge in [0.1, 0.15) is 5.75 Å². The van der Waals surface area contributed by atoms with Gasteiger partial charge in [-0.25, -0.2) is 5.43 Å². The van der Waals surface area contributed by atoms with Crippen molar-refractivity contribution < 1.29 is 9.53 Å². The predicted octanol–water partition coefficient (Wildman–Crippen LogP) is 4.90. The second-order valence-corrected chi connectivity index (χ2v) is 8.80. The quantitative estimate of drug-likeness (QED) is 0.219. The minimum absolute atomic E-state index is 0.135. The van der Waals surface area contributed by atoms with E-state index in [2.05, 4.69) is 20.7 Å². The van der Waals surface area contributed by atoms with E-state index in [1.165, 1.54) is 11.8 Å². The van der Waals surface area contributed by atoms with E-state index in [1.807, 2.05) is 58.5 Å². The van der Waals surface area contributed by atoms with Crippen LogP contribution in [0, 0.1) is 0 Å². The van der Waals surface area contributed by atoms with E-state index in [9.17, 15) is 4.79 Å². The smallest absolute Gasteiger partial charge is 0.250 e. The maximum Gasteiger partial charge on any atom is 0.250 e. The zero-order chi connectivity index (χ0) is 22.3. The minimum Gasteiger partial charge on any atom is -0.497 e. The number of halogens is 1. The topological polar surface area (TPSA) is 81.4 Å². The number of aromatic nitrogens is 3. The van der Waals surface area contributed by atoms with Crippen LogP contribution < -0.4 is 10.2 Å². The number of benzene rings is 2. The summed E-state index contributed by atoms with van der Waals surface area (Å²) in [6, 6.07) is 18.8. The fraction of sp³-hybridized carbons (Fsp3) is 0.0909. The number of hydrogen-bond acceptors (Lipinski definition) is 7. The Kier molecular flexibility index (Phi) is 7.21. The number of thiophene rings is 1. The number of rotatable bonds is 8. The largest absolute Gasteiger partial charge is 0.497 e. The molecule has 2 heterocycles. The molecular weight excluding hydrogens is 466 g/mol. The number of nitrogens with one attached hydrogen (secondary N) is 1. The minimum atomic E-state index is -0.237. The van der Waals surface area contributed by atoms with Gasteiger partial charge in [-0.1, -0.05) is 29.4 Å². The molecule has 0 aliphatic rings. The second-order valence-electron chi connectivity index (χ2n) is 6.44. The van der Waals surface area contributed by atoms with Gasteiger partial charge in [-0.05, 0) is 60.0 Å². The number of amides is 1. The summed E-state index contributed by atoms with van der Waals surface area (Å²) in [5, 5.41) is 15.8. The van der Waals surface area contributed by atoms with Crippen LogP contribution in [0.15, 0.2) is 76.3 Å². The van der Waals surface area contributed by atoms with Crippen molar-refractivity contribution in [1.29, 1.82) is 0 Å². The first-order valence-electron chi connectivity index (χ1n) is 9.48. The highest BCUT2D eigenvalue weighted by atomic mass is 35.5. The van der Waals surface area contributed by atoms with Crippen LogP contribution in [0.1, 0.15) is 4.88 Å². The monoisotopic (exact) mass is 483 g/mol. The van der Waals surface area contributed by atoms with Crippen LogP contribution in [0.5, 0.6) is 5.75 Å². The summed E-state index contributed by atoms with van der Waals surface area (Å²) >= 11 is 8.88. The number of nitrogens with zero attached hydrogens (tertiary/aromatic N) is 4. The first kappa shape index (κ1) is 22.1. The van der Waals surface area contributed by atoms with Crippen molar-refractivity contribution in [2.45, 2.75) is 5.16 Å². The molecule has 0 saturated carbocycles. The van der Waals surface area contributed by atoms with Gasteiger partial charge >= 0.3 is 0 Å². The molecule has 32 heavy (non-hydrogen) atoms. The summed E-state index contributed by atoms with van der Waals surface area (Å²) in [6.07, 6.45) is 1.62. The summed E-state index contributed by atoms with van der Waals surface area (Å²) in [7, 11) is 1.62. The Bertz CT molecular complexity index is 1210. The zero-order valence-electron chi connectivity index (χ0n) is 16.9. The zero-order valence-corrected chi connectivity index (χ0v) is 19.3. The highest BCUT2D eigenvalue weighted by Crippen LogP contribution is 2.29. The van der Waals surface area contributed by atoms with Crippen LogP contribution in [-0.2, 0) is 4.79 Å². The van der Waals surface area contributed by atoms with E-state index in [0.29, 0.717) is 16.0 Å². The van der Waals surface area contributed by atoms with E-state index >= 15 is 0 Å². The first-order chi connectivity index (χ1) is 15.6. The molecule has 0 aliphatic carbocycles. The van der Waals surface area contributed by atoms with Crippen LogP contribution in [0.4, 0.5) is 0 Å². The second kappa shape index (κ2) is 10.4. The van der Waals surface area contributed by atoms with Gasteiger partial charge in [0, 0.05) is 21.2 Å². The molecule has 0 radical (unpaired) electrons. The molecule has 0 atom stereocenters. The summed E-state index contributed by atoms with van der Waals surface area (Å²) in [4.78, 5) is 13.2. The van der Waals surface area contributed by atoms with Crippen molar-refractivity contribution in [3.05, 3.63) is 75.9 Å². The lowest BCUT2D eigenvalue weighted by Crippen LogP contribution is -2.19. The predicted molar refractivity (Wildman–Crippen MR) is 129 cm³/mol. The van der Waals surface area contributed by atoms with Crippen LogP contribution >= 0.6 is 34.7 Å². The van der Waals surface area contributed by atoms with Crippen LogP contribution in [0.3, 0.4) is 0 Å². The molecule has 0 aliphatic heterocycles. The number of methoxy groups -OCH3 is 1. The van der Waals surface area contributed by atoms with Crippen LogP contribution in [0.25, 0.3) is 17.1 Å². The SMILES string of the molecule is COc1ccc(-c2nnc(SCC(=O)N/N=C/c3cccs3)n2-c2ccc(Cl)cc2)cc1. The fourth-order valence-electron chi connectivity index (χ4n) is 2.81. The number of carbonyl (C=O) groups is 1.